The molecule has 0 bridgehead atoms. The molecular weight excluding hydrogens is 367 g/mol. The quantitative estimate of drug-likeness (QED) is 0.514. The predicted molar refractivity (Wildman–Crippen MR) is 104 cm³/mol. The molecule has 2 heterocycles. The van der Waals surface area contributed by atoms with Crippen LogP contribution in [0.25, 0.3) is 16.7 Å². The van der Waals surface area contributed by atoms with E-state index in [9.17, 15) is 13.2 Å². The minimum absolute atomic E-state index is 0.163. The summed E-state index contributed by atoms with van der Waals surface area (Å²) in [5.74, 6) is -0.467. The summed E-state index contributed by atoms with van der Waals surface area (Å²) in [6.07, 6.45) is 0.331. The Labute approximate surface area is 161 Å². The molecule has 0 aliphatic carbocycles. The van der Waals surface area contributed by atoms with E-state index in [2.05, 4.69) is 21.9 Å². The third-order valence-corrected chi connectivity index (χ3v) is 4.36. The summed E-state index contributed by atoms with van der Waals surface area (Å²) in [4.78, 5) is 8.57. The first kappa shape index (κ1) is 19.7. The molecule has 3 aromatic rings. The van der Waals surface area contributed by atoms with Crippen molar-refractivity contribution < 1.29 is 17.9 Å². The van der Waals surface area contributed by atoms with Gasteiger partial charge in [0.15, 0.2) is 0 Å². The molecule has 0 saturated carbocycles. The van der Waals surface area contributed by atoms with E-state index >= 15 is 0 Å². The van der Waals surface area contributed by atoms with Crippen LogP contribution >= 0.6 is 0 Å². The third kappa shape index (κ3) is 3.93. The molecule has 0 fully saturated rings. The first-order valence-corrected chi connectivity index (χ1v) is 8.82. The number of anilines is 1. The number of hydrogen-bond donors (Lipinski definition) is 1. The fourth-order valence-electron chi connectivity index (χ4n) is 2.96. The lowest BCUT2D eigenvalue weighted by Gasteiger charge is -2.19. The molecule has 0 aliphatic heterocycles. The van der Waals surface area contributed by atoms with Gasteiger partial charge in [0.2, 0.25) is 0 Å². The number of fused-ring (bicyclic) bond motifs is 1. The monoisotopic (exact) mass is 387 g/mol. The number of rotatable bonds is 7. The molecule has 0 aliphatic rings. The zero-order valence-corrected chi connectivity index (χ0v) is 15.5. The molecule has 1 aromatic carbocycles. The molecular formula is C21H20F3N3O. The molecule has 0 radical (unpaired) electrons. The molecule has 1 N–H and O–H groups in total. The Hall–Kier alpha value is -3.09. The van der Waals surface area contributed by atoms with Crippen molar-refractivity contribution >= 4 is 22.3 Å². The number of halogens is 3. The number of hydrogen-bond acceptors (Lipinski definition) is 4. The van der Waals surface area contributed by atoms with Gasteiger partial charge in [0.1, 0.15) is 17.3 Å². The lowest BCUT2D eigenvalue weighted by Crippen LogP contribution is -2.10. The van der Waals surface area contributed by atoms with E-state index in [1.165, 1.54) is 12.1 Å². The van der Waals surface area contributed by atoms with Crippen LogP contribution in [0.15, 0.2) is 49.3 Å². The Bertz CT molecular complexity index is 1010. The lowest BCUT2D eigenvalue weighted by atomic mass is 10.0. The first-order chi connectivity index (χ1) is 13.4. The van der Waals surface area contributed by atoms with Crippen LogP contribution in [0.2, 0.25) is 0 Å². The fourth-order valence-corrected chi connectivity index (χ4v) is 2.96. The van der Waals surface area contributed by atoms with Crippen molar-refractivity contribution in [2.75, 3.05) is 11.9 Å². The number of alkyl halides is 2. The molecule has 0 unspecified atom stereocenters. The Balaban J connectivity index is 1.97. The zero-order valence-electron chi connectivity index (χ0n) is 15.5. The molecule has 28 heavy (non-hydrogen) atoms. The second-order valence-electron chi connectivity index (χ2n) is 6.22. The van der Waals surface area contributed by atoms with Gasteiger partial charge in [-0.1, -0.05) is 24.8 Å². The van der Waals surface area contributed by atoms with Crippen LogP contribution in [0, 0.1) is 5.82 Å². The summed E-state index contributed by atoms with van der Waals surface area (Å²) in [6.45, 7) is 7.88. The molecule has 4 nitrogen and oxygen atoms in total. The van der Waals surface area contributed by atoms with Gasteiger partial charge in [0.05, 0.1) is 29.9 Å². The maximum Gasteiger partial charge on any atom is 0.266 e. The smallest absolute Gasteiger partial charge is 0.266 e. The summed E-state index contributed by atoms with van der Waals surface area (Å²) < 4.78 is 45.9. The van der Waals surface area contributed by atoms with Crippen LogP contribution in [0.1, 0.15) is 43.1 Å². The number of benzene rings is 1. The molecule has 0 amide bonds. The molecule has 1 atom stereocenters. The summed E-state index contributed by atoms with van der Waals surface area (Å²) in [5, 5.41) is 3.92. The summed E-state index contributed by atoms with van der Waals surface area (Å²) in [5.41, 5.74) is 1.42. The highest BCUT2D eigenvalue weighted by atomic mass is 19.3. The van der Waals surface area contributed by atoms with E-state index in [4.69, 9.17) is 4.74 Å². The molecule has 7 heteroatoms. The topological polar surface area (TPSA) is 47.0 Å². The molecule has 3 rings (SSSR count). The van der Waals surface area contributed by atoms with E-state index < -0.39 is 23.8 Å². The van der Waals surface area contributed by atoms with Gasteiger partial charge in [-0.3, -0.25) is 9.97 Å². The number of aromatic nitrogens is 2. The number of pyridine rings is 2. The summed E-state index contributed by atoms with van der Waals surface area (Å²) >= 11 is 0. The second kappa shape index (κ2) is 8.29. The Morgan fingerprint density at radius 1 is 1.21 bits per heavy atom. The van der Waals surface area contributed by atoms with Crippen molar-refractivity contribution in [3.05, 3.63) is 71.9 Å². The maximum absolute atomic E-state index is 14.5. The minimum atomic E-state index is -2.87. The lowest BCUT2D eigenvalue weighted by molar-refractivity contribution is 0.146. The van der Waals surface area contributed by atoms with Crippen LogP contribution in [0.5, 0.6) is 0 Å². The van der Waals surface area contributed by atoms with Gasteiger partial charge < -0.3 is 10.1 Å². The average molecular weight is 387 g/mol. The minimum Gasteiger partial charge on any atom is -0.492 e. The van der Waals surface area contributed by atoms with E-state index in [1.54, 1.807) is 31.5 Å². The van der Waals surface area contributed by atoms with Crippen molar-refractivity contribution in [1.82, 2.24) is 9.97 Å². The van der Waals surface area contributed by atoms with Gasteiger partial charge in [-0.05, 0) is 26.0 Å². The van der Waals surface area contributed by atoms with Crippen LogP contribution in [0.3, 0.4) is 0 Å². The van der Waals surface area contributed by atoms with Gasteiger partial charge in [-0.25, -0.2) is 13.2 Å². The normalized spacial score (nSPS) is 12.2. The van der Waals surface area contributed by atoms with Crippen LogP contribution < -0.4 is 5.32 Å². The Kier molecular flexibility index (Phi) is 5.82. The van der Waals surface area contributed by atoms with Crippen molar-refractivity contribution in [3.63, 3.8) is 0 Å². The Morgan fingerprint density at radius 3 is 2.68 bits per heavy atom. The standard InChI is InChI=1S/C21H20F3N3O/c1-4-28-13(3)18-10-16-17(8-9-25-19(16)11-26-18)27-12(2)14-6-5-7-15(20(14)22)21(23)24/h5-12,21H,3-4H2,1-2H3,(H,25,27)/t12-/m1/s1. The van der Waals surface area contributed by atoms with Gasteiger partial charge in [-0.15, -0.1) is 0 Å². The highest BCUT2D eigenvalue weighted by Gasteiger charge is 2.20. The first-order valence-electron chi connectivity index (χ1n) is 8.82. The van der Waals surface area contributed by atoms with Gasteiger partial charge in [-0.2, -0.15) is 0 Å². The fraction of sp³-hybridized carbons (Fsp3) is 0.238. The van der Waals surface area contributed by atoms with E-state index in [0.717, 1.165) is 11.5 Å². The van der Waals surface area contributed by atoms with Crippen LogP contribution in [-0.4, -0.2) is 16.6 Å². The largest absolute Gasteiger partial charge is 0.492 e. The van der Waals surface area contributed by atoms with Crippen molar-refractivity contribution in [1.29, 1.82) is 0 Å². The van der Waals surface area contributed by atoms with Crippen molar-refractivity contribution in [3.8, 4) is 0 Å². The van der Waals surface area contributed by atoms with Crippen molar-refractivity contribution in [2.24, 2.45) is 0 Å². The highest BCUT2D eigenvalue weighted by Crippen LogP contribution is 2.31. The summed E-state index contributed by atoms with van der Waals surface area (Å²) in [7, 11) is 0. The van der Waals surface area contributed by atoms with Crippen LogP contribution in [-0.2, 0) is 4.74 Å². The van der Waals surface area contributed by atoms with E-state index in [0.29, 0.717) is 29.3 Å². The second-order valence-corrected chi connectivity index (χ2v) is 6.22. The predicted octanol–water partition coefficient (Wildman–Crippen LogP) is 5.89. The third-order valence-electron chi connectivity index (χ3n) is 4.36. The maximum atomic E-state index is 14.5. The van der Waals surface area contributed by atoms with Gasteiger partial charge in [0.25, 0.3) is 6.43 Å². The van der Waals surface area contributed by atoms with E-state index in [1.807, 2.05) is 6.92 Å². The average Bonchev–Trinajstić information content (AvgIpc) is 2.68. The number of nitrogens with zero attached hydrogens (tertiary/aromatic N) is 2. The van der Waals surface area contributed by atoms with Crippen molar-refractivity contribution in [2.45, 2.75) is 26.3 Å². The molecule has 2 aromatic heterocycles. The molecule has 0 saturated heterocycles. The van der Waals surface area contributed by atoms with Crippen LogP contribution in [0.4, 0.5) is 18.9 Å². The Morgan fingerprint density at radius 2 is 1.96 bits per heavy atom. The van der Waals surface area contributed by atoms with Gasteiger partial charge >= 0.3 is 0 Å². The number of ether oxygens (including phenoxy) is 1. The highest BCUT2D eigenvalue weighted by molar-refractivity contribution is 5.92. The SMILES string of the molecule is C=C(OCC)c1cc2c(N[C@H](C)c3cccc(C(F)F)c3F)ccnc2cn1. The van der Waals surface area contributed by atoms with E-state index in [-0.39, 0.29) is 5.56 Å². The molecule has 146 valence electrons. The van der Waals surface area contributed by atoms with Gasteiger partial charge in [0, 0.05) is 22.8 Å². The summed E-state index contributed by atoms with van der Waals surface area (Å²) in [6, 6.07) is 6.98. The number of nitrogens with one attached hydrogen (secondary N) is 1. The zero-order chi connectivity index (χ0) is 20.3. The molecule has 0 spiro atoms.